The van der Waals surface area contributed by atoms with Crippen LogP contribution in [0.1, 0.15) is 34.9 Å². The van der Waals surface area contributed by atoms with Crippen molar-refractivity contribution in [2.45, 2.75) is 18.8 Å². The van der Waals surface area contributed by atoms with Crippen LogP contribution in [-0.4, -0.2) is 86.9 Å². The number of carbonyl (C=O) groups is 1. The van der Waals surface area contributed by atoms with Gasteiger partial charge in [0.05, 0.1) is 11.9 Å². The lowest BCUT2D eigenvalue weighted by molar-refractivity contribution is 0.0699. The van der Waals surface area contributed by atoms with Crippen LogP contribution in [0, 0.1) is 0 Å². The minimum absolute atomic E-state index is 0.0796. The van der Waals surface area contributed by atoms with Gasteiger partial charge in [0.2, 0.25) is 5.95 Å². The summed E-state index contributed by atoms with van der Waals surface area (Å²) in [6.45, 7) is 5.11. The van der Waals surface area contributed by atoms with Gasteiger partial charge in [0.1, 0.15) is 5.69 Å². The molecule has 5 heterocycles. The molecule has 3 aromatic rings. The second-order valence-electron chi connectivity index (χ2n) is 8.68. The molecule has 2 aliphatic rings. The number of anilines is 1. The number of likely N-dealkylation sites (tertiary alicyclic amines) is 1. The van der Waals surface area contributed by atoms with Crippen molar-refractivity contribution in [2.24, 2.45) is 0 Å². The number of piperidine rings is 1. The molecule has 9 nitrogen and oxygen atoms in total. The van der Waals surface area contributed by atoms with Crippen LogP contribution in [0.2, 0.25) is 0 Å². The maximum atomic E-state index is 13.0. The summed E-state index contributed by atoms with van der Waals surface area (Å²) in [5.74, 6) is 0.802. The molecule has 9 heteroatoms. The third-order valence-electron chi connectivity index (χ3n) is 6.44. The van der Waals surface area contributed by atoms with Gasteiger partial charge in [-0.05, 0) is 26.0 Å². The lowest BCUT2D eigenvalue weighted by atomic mass is 9.90. The van der Waals surface area contributed by atoms with E-state index in [1.807, 2.05) is 29.4 Å². The molecule has 1 amide bonds. The lowest BCUT2D eigenvalue weighted by Gasteiger charge is -2.35. The van der Waals surface area contributed by atoms with E-state index in [4.69, 9.17) is 9.97 Å². The van der Waals surface area contributed by atoms with Crippen molar-refractivity contribution in [3.8, 4) is 11.1 Å². The molecule has 1 unspecified atom stereocenters. The highest BCUT2D eigenvalue weighted by Gasteiger charge is 2.30. The maximum absolute atomic E-state index is 13.0. The fourth-order valence-electron chi connectivity index (χ4n) is 4.56. The van der Waals surface area contributed by atoms with Crippen LogP contribution >= 0.6 is 0 Å². The molecule has 5 rings (SSSR count). The predicted molar refractivity (Wildman–Crippen MR) is 125 cm³/mol. The first-order valence-corrected chi connectivity index (χ1v) is 11.4. The van der Waals surface area contributed by atoms with Gasteiger partial charge in [0.25, 0.3) is 5.91 Å². The zero-order chi connectivity index (χ0) is 22.6. The van der Waals surface area contributed by atoms with Crippen LogP contribution in [0.3, 0.4) is 0 Å². The summed E-state index contributed by atoms with van der Waals surface area (Å²) in [5, 5.41) is 0. The molecule has 0 bridgehead atoms. The molecule has 1 atom stereocenters. The van der Waals surface area contributed by atoms with Crippen molar-refractivity contribution in [2.75, 3.05) is 51.2 Å². The molecule has 33 heavy (non-hydrogen) atoms. The number of carbonyl (C=O) groups excluding carboxylic acids is 1. The first kappa shape index (κ1) is 21.4. The first-order valence-electron chi connectivity index (χ1n) is 11.4. The predicted octanol–water partition coefficient (Wildman–Crippen LogP) is 2.10. The van der Waals surface area contributed by atoms with Crippen LogP contribution < -0.4 is 4.90 Å². The van der Waals surface area contributed by atoms with Crippen molar-refractivity contribution >= 4 is 11.9 Å². The lowest BCUT2D eigenvalue weighted by Crippen LogP contribution is -2.45. The number of rotatable bonds is 4. The third kappa shape index (κ3) is 4.68. The highest BCUT2D eigenvalue weighted by atomic mass is 16.2. The minimum Gasteiger partial charge on any atom is -0.338 e. The number of aromatic nitrogens is 5. The summed E-state index contributed by atoms with van der Waals surface area (Å²) in [5.41, 5.74) is 3.35. The molecule has 0 N–H and O–H groups in total. The van der Waals surface area contributed by atoms with Gasteiger partial charge >= 0.3 is 0 Å². The van der Waals surface area contributed by atoms with Crippen molar-refractivity contribution in [1.29, 1.82) is 0 Å². The molecule has 0 aromatic carbocycles. The molecule has 2 aliphatic heterocycles. The number of hydrogen-bond donors (Lipinski definition) is 0. The average Bonchev–Trinajstić information content (AvgIpc) is 2.89. The van der Waals surface area contributed by atoms with E-state index in [9.17, 15) is 4.79 Å². The van der Waals surface area contributed by atoms with Crippen LogP contribution in [0.5, 0.6) is 0 Å². The Morgan fingerprint density at radius 1 is 0.970 bits per heavy atom. The number of likely N-dealkylation sites (N-methyl/N-ethyl adjacent to an activating group) is 1. The molecular weight excluding hydrogens is 416 g/mol. The quantitative estimate of drug-likeness (QED) is 0.604. The minimum atomic E-state index is -0.0796. The van der Waals surface area contributed by atoms with E-state index in [0.717, 1.165) is 61.8 Å². The first-order chi connectivity index (χ1) is 16.2. The van der Waals surface area contributed by atoms with Gasteiger partial charge < -0.3 is 14.7 Å². The highest BCUT2D eigenvalue weighted by Crippen LogP contribution is 2.34. The zero-order valence-electron chi connectivity index (χ0n) is 18.8. The normalized spacial score (nSPS) is 19.5. The molecule has 0 spiro atoms. The van der Waals surface area contributed by atoms with Gasteiger partial charge in [-0.3, -0.25) is 14.8 Å². The second kappa shape index (κ2) is 9.58. The van der Waals surface area contributed by atoms with Crippen LogP contribution in [0.25, 0.3) is 11.1 Å². The van der Waals surface area contributed by atoms with Gasteiger partial charge in [-0.25, -0.2) is 15.0 Å². The van der Waals surface area contributed by atoms with Crippen molar-refractivity contribution < 1.29 is 4.79 Å². The summed E-state index contributed by atoms with van der Waals surface area (Å²) in [7, 11) is 2.14. The van der Waals surface area contributed by atoms with E-state index in [2.05, 4.69) is 31.8 Å². The zero-order valence-corrected chi connectivity index (χ0v) is 18.8. The van der Waals surface area contributed by atoms with Gasteiger partial charge in [0, 0.05) is 87.3 Å². The standard InChI is InChI=1S/C24H28N8O/c1-30-10-12-31(13-11-30)24-28-15-20(18-4-2-6-25-14-18)22(29-24)19-5-3-9-32(17-19)23(33)21-16-26-7-8-27-21/h2,4,6-8,14-16,19H,3,5,9-13,17H2,1H3. The Kier molecular flexibility index (Phi) is 6.21. The van der Waals surface area contributed by atoms with Gasteiger partial charge in [-0.2, -0.15) is 0 Å². The van der Waals surface area contributed by atoms with Crippen molar-refractivity contribution in [3.63, 3.8) is 0 Å². The Bertz CT molecular complexity index is 1090. The van der Waals surface area contributed by atoms with Crippen LogP contribution in [0.15, 0.2) is 49.3 Å². The van der Waals surface area contributed by atoms with Crippen LogP contribution in [-0.2, 0) is 0 Å². The largest absolute Gasteiger partial charge is 0.338 e. The fourth-order valence-corrected chi connectivity index (χ4v) is 4.56. The molecule has 170 valence electrons. The molecule has 0 saturated carbocycles. The van der Waals surface area contributed by atoms with E-state index in [0.29, 0.717) is 18.8 Å². The molecule has 2 fully saturated rings. The molecule has 0 aliphatic carbocycles. The highest BCUT2D eigenvalue weighted by molar-refractivity contribution is 5.92. The third-order valence-corrected chi connectivity index (χ3v) is 6.44. The number of hydrogen-bond acceptors (Lipinski definition) is 8. The van der Waals surface area contributed by atoms with Gasteiger partial charge in [-0.1, -0.05) is 6.07 Å². The molecule has 3 aromatic heterocycles. The number of pyridine rings is 1. The van der Waals surface area contributed by atoms with Crippen molar-refractivity contribution in [1.82, 2.24) is 34.7 Å². The van der Waals surface area contributed by atoms with Crippen molar-refractivity contribution in [3.05, 3.63) is 60.7 Å². The number of piperazine rings is 1. The van der Waals surface area contributed by atoms with E-state index in [1.54, 1.807) is 18.6 Å². The topological polar surface area (TPSA) is 91.2 Å². The van der Waals surface area contributed by atoms with E-state index < -0.39 is 0 Å². The van der Waals surface area contributed by atoms with E-state index in [-0.39, 0.29) is 11.8 Å². The van der Waals surface area contributed by atoms with Gasteiger partial charge in [-0.15, -0.1) is 0 Å². The molecule has 2 saturated heterocycles. The smallest absolute Gasteiger partial charge is 0.274 e. The summed E-state index contributed by atoms with van der Waals surface area (Å²) in [6, 6.07) is 3.97. The monoisotopic (exact) mass is 444 g/mol. The SMILES string of the molecule is CN1CCN(c2ncc(-c3cccnc3)c(C3CCCN(C(=O)c4cnccn4)C3)n2)CC1. The van der Waals surface area contributed by atoms with Crippen LogP contribution in [0.4, 0.5) is 5.95 Å². The Balaban J connectivity index is 1.46. The Labute approximate surface area is 193 Å². The van der Waals surface area contributed by atoms with Gasteiger partial charge in [0.15, 0.2) is 0 Å². The molecular formula is C24H28N8O. The Morgan fingerprint density at radius 2 is 1.82 bits per heavy atom. The molecule has 0 radical (unpaired) electrons. The fraction of sp³-hybridized carbons (Fsp3) is 0.417. The second-order valence-corrected chi connectivity index (χ2v) is 8.68. The summed E-state index contributed by atoms with van der Waals surface area (Å²) >= 11 is 0. The number of amides is 1. The Morgan fingerprint density at radius 3 is 2.58 bits per heavy atom. The van der Waals surface area contributed by atoms with E-state index >= 15 is 0 Å². The number of nitrogens with zero attached hydrogens (tertiary/aromatic N) is 8. The maximum Gasteiger partial charge on any atom is 0.274 e. The Hall–Kier alpha value is -3.46. The summed E-state index contributed by atoms with van der Waals surface area (Å²) < 4.78 is 0. The summed E-state index contributed by atoms with van der Waals surface area (Å²) in [4.78, 5) is 41.9. The average molecular weight is 445 g/mol. The summed E-state index contributed by atoms with van der Waals surface area (Å²) in [6.07, 6.45) is 12.1. The van der Waals surface area contributed by atoms with E-state index in [1.165, 1.54) is 6.20 Å².